The van der Waals surface area contributed by atoms with Crippen molar-refractivity contribution in [2.45, 2.75) is 17.9 Å². The van der Waals surface area contributed by atoms with Crippen LogP contribution in [-0.4, -0.2) is 58.6 Å². The number of benzene rings is 2. The summed E-state index contributed by atoms with van der Waals surface area (Å²) in [6, 6.07) is 10.9. The van der Waals surface area contributed by atoms with Gasteiger partial charge in [0, 0.05) is 31.2 Å². The van der Waals surface area contributed by atoms with Crippen LogP contribution in [0.2, 0.25) is 10.0 Å². The van der Waals surface area contributed by atoms with E-state index in [-0.39, 0.29) is 20.8 Å². The molecule has 30 heavy (non-hydrogen) atoms. The van der Waals surface area contributed by atoms with Gasteiger partial charge >= 0.3 is 0 Å². The van der Waals surface area contributed by atoms with Gasteiger partial charge in [-0.05, 0) is 37.3 Å². The van der Waals surface area contributed by atoms with Crippen LogP contribution in [0.5, 0.6) is 5.75 Å². The van der Waals surface area contributed by atoms with Crippen molar-refractivity contribution in [3.63, 3.8) is 0 Å². The number of halogens is 2. The molecule has 1 amide bonds. The van der Waals surface area contributed by atoms with Crippen LogP contribution in [0.15, 0.2) is 47.4 Å². The van der Waals surface area contributed by atoms with E-state index in [1.807, 2.05) is 24.3 Å². The fraction of sp³-hybridized carbons (Fsp3) is 0.350. The summed E-state index contributed by atoms with van der Waals surface area (Å²) >= 11 is 11.9. The number of piperazine rings is 1. The van der Waals surface area contributed by atoms with Crippen molar-refractivity contribution in [2.24, 2.45) is 0 Å². The Morgan fingerprint density at radius 1 is 1.10 bits per heavy atom. The van der Waals surface area contributed by atoms with Crippen molar-refractivity contribution >= 4 is 44.8 Å². The SMILES string of the molecule is COc1ccccc1N1CCN(C(=O)[C@@H](C)NS(=O)(=O)c2cc(Cl)ccc2Cl)CC1. The molecule has 0 aliphatic carbocycles. The highest BCUT2D eigenvalue weighted by molar-refractivity contribution is 7.89. The van der Waals surface area contributed by atoms with Gasteiger partial charge in [0.15, 0.2) is 0 Å². The van der Waals surface area contributed by atoms with E-state index in [0.717, 1.165) is 11.4 Å². The minimum absolute atomic E-state index is 0.0389. The normalized spacial score (nSPS) is 15.7. The zero-order chi connectivity index (χ0) is 21.9. The first-order chi connectivity index (χ1) is 14.2. The molecule has 1 aliphatic heterocycles. The third-order valence-corrected chi connectivity index (χ3v) is 7.16. The Morgan fingerprint density at radius 2 is 1.77 bits per heavy atom. The van der Waals surface area contributed by atoms with Gasteiger partial charge in [0.2, 0.25) is 15.9 Å². The number of anilines is 1. The number of para-hydroxylation sites is 2. The first kappa shape index (κ1) is 22.7. The molecule has 2 aromatic rings. The molecule has 162 valence electrons. The summed E-state index contributed by atoms with van der Waals surface area (Å²) in [7, 11) is -2.38. The van der Waals surface area contributed by atoms with Crippen molar-refractivity contribution in [1.82, 2.24) is 9.62 Å². The molecule has 1 fully saturated rings. The Balaban J connectivity index is 1.64. The number of amides is 1. The third kappa shape index (κ3) is 5.00. The second-order valence-electron chi connectivity index (χ2n) is 6.90. The van der Waals surface area contributed by atoms with Crippen molar-refractivity contribution in [3.05, 3.63) is 52.5 Å². The summed E-state index contributed by atoms with van der Waals surface area (Å²) in [5.74, 6) is 0.480. The third-order valence-electron chi connectivity index (χ3n) is 4.90. The molecule has 1 saturated heterocycles. The molecule has 3 rings (SSSR count). The molecule has 0 aromatic heterocycles. The van der Waals surface area contributed by atoms with Crippen LogP contribution in [0.4, 0.5) is 5.69 Å². The smallest absolute Gasteiger partial charge is 0.242 e. The second kappa shape index (κ2) is 9.43. The molecule has 10 heteroatoms. The maximum absolute atomic E-state index is 12.8. The minimum Gasteiger partial charge on any atom is -0.495 e. The van der Waals surface area contributed by atoms with E-state index < -0.39 is 16.1 Å². The fourth-order valence-corrected chi connectivity index (χ4v) is 5.32. The van der Waals surface area contributed by atoms with E-state index in [9.17, 15) is 13.2 Å². The molecular formula is C20H23Cl2N3O4S. The van der Waals surface area contributed by atoms with Gasteiger partial charge in [-0.2, -0.15) is 4.72 Å². The monoisotopic (exact) mass is 471 g/mol. The van der Waals surface area contributed by atoms with Gasteiger partial charge in [0.25, 0.3) is 0 Å². The maximum Gasteiger partial charge on any atom is 0.242 e. The number of ether oxygens (including phenoxy) is 1. The lowest BCUT2D eigenvalue weighted by molar-refractivity contribution is -0.132. The summed E-state index contributed by atoms with van der Waals surface area (Å²) in [4.78, 5) is 16.5. The van der Waals surface area contributed by atoms with Gasteiger partial charge < -0.3 is 14.5 Å². The summed E-state index contributed by atoms with van der Waals surface area (Å²) in [5, 5.41) is 0.281. The zero-order valence-electron chi connectivity index (χ0n) is 16.6. The van der Waals surface area contributed by atoms with Crippen LogP contribution < -0.4 is 14.4 Å². The fourth-order valence-electron chi connectivity index (χ4n) is 3.36. The number of methoxy groups -OCH3 is 1. The van der Waals surface area contributed by atoms with Gasteiger partial charge in [0.1, 0.15) is 10.6 Å². The quantitative estimate of drug-likeness (QED) is 0.700. The molecule has 1 heterocycles. The molecule has 0 bridgehead atoms. The van der Waals surface area contributed by atoms with Gasteiger partial charge in [-0.15, -0.1) is 0 Å². The highest BCUT2D eigenvalue weighted by Gasteiger charge is 2.29. The molecule has 1 atom stereocenters. The largest absolute Gasteiger partial charge is 0.495 e. The van der Waals surface area contributed by atoms with Crippen LogP contribution in [0, 0.1) is 0 Å². The highest BCUT2D eigenvalue weighted by atomic mass is 35.5. The number of carbonyl (C=O) groups is 1. The average molecular weight is 472 g/mol. The van der Waals surface area contributed by atoms with E-state index in [1.165, 1.54) is 25.1 Å². The Hall–Kier alpha value is -2.00. The van der Waals surface area contributed by atoms with Crippen molar-refractivity contribution < 1.29 is 17.9 Å². The molecule has 2 aromatic carbocycles. The van der Waals surface area contributed by atoms with Crippen molar-refractivity contribution in [2.75, 3.05) is 38.2 Å². The van der Waals surface area contributed by atoms with Crippen LogP contribution >= 0.6 is 23.2 Å². The molecule has 7 nitrogen and oxygen atoms in total. The minimum atomic E-state index is -4.00. The van der Waals surface area contributed by atoms with E-state index in [2.05, 4.69) is 9.62 Å². The second-order valence-corrected chi connectivity index (χ2v) is 9.43. The van der Waals surface area contributed by atoms with Crippen molar-refractivity contribution in [1.29, 1.82) is 0 Å². The molecule has 1 N–H and O–H groups in total. The number of hydrogen-bond acceptors (Lipinski definition) is 5. The maximum atomic E-state index is 12.8. The van der Waals surface area contributed by atoms with E-state index in [4.69, 9.17) is 27.9 Å². The van der Waals surface area contributed by atoms with Gasteiger partial charge in [0.05, 0.1) is 23.9 Å². The Bertz CT molecular complexity index is 1020. The lowest BCUT2D eigenvalue weighted by Gasteiger charge is -2.37. The highest BCUT2D eigenvalue weighted by Crippen LogP contribution is 2.28. The Morgan fingerprint density at radius 3 is 2.43 bits per heavy atom. The number of nitrogens with one attached hydrogen (secondary N) is 1. The molecule has 0 unspecified atom stereocenters. The van der Waals surface area contributed by atoms with Crippen molar-refractivity contribution in [3.8, 4) is 5.75 Å². The first-order valence-electron chi connectivity index (χ1n) is 9.37. The van der Waals surface area contributed by atoms with Gasteiger partial charge in [-0.25, -0.2) is 8.42 Å². The summed E-state index contributed by atoms with van der Waals surface area (Å²) in [5.41, 5.74) is 0.969. The number of carbonyl (C=O) groups excluding carboxylic acids is 1. The van der Waals surface area contributed by atoms with Gasteiger partial charge in [-0.1, -0.05) is 35.3 Å². The van der Waals surface area contributed by atoms with E-state index in [1.54, 1.807) is 12.0 Å². The average Bonchev–Trinajstić information content (AvgIpc) is 2.74. The van der Waals surface area contributed by atoms with E-state index in [0.29, 0.717) is 26.2 Å². The lowest BCUT2D eigenvalue weighted by Crippen LogP contribution is -2.54. The van der Waals surface area contributed by atoms with Crippen LogP contribution in [0.3, 0.4) is 0 Å². The Kier molecular flexibility index (Phi) is 7.13. The number of nitrogens with zero attached hydrogens (tertiary/aromatic N) is 2. The predicted octanol–water partition coefficient (Wildman–Crippen LogP) is 3.02. The molecule has 0 saturated carbocycles. The topological polar surface area (TPSA) is 79.0 Å². The summed E-state index contributed by atoms with van der Waals surface area (Å²) in [6.45, 7) is 3.70. The van der Waals surface area contributed by atoms with Crippen LogP contribution in [-0.2, 0) is 14.8 Å². The molecular weight excluding hydrogens is 449 g/mol. The predicted molar refractivity (Wildman–Crippen MR) is 118 cm³/mol. The summed E-state index contributed by atoms with van der Waals surface area (Å²) < 4.78 is 33.1. The molecule has 0 radical (unpaired) electrons. The number of sulfonamides is 1. The van der Waals surface area contributed by atoms with Crippen LogP contribution in [0.1, 0.15) is 6.92 Å². The number of hydrogen-bond donors (Lipinski definition) is 1. The standard InChI is InChI=1S/C20H23Cl2N3O4S/c1-14(23-30(27,28)19-13-15(21)7-8-16(19)22)20(26)25-11-9-24(10-12-25)17-5-3-4-6-18(17)29-2/h3-8,13-14,23H,9-12H2,1-2H3/t14-/m1/s1. The van der Waals surface area contributed by atoms with Crippen LogP contribution in [0.25, 0.3) is 0 Å². The molecule has 1 aliphatic rings. The lowest BCUT2D eigenvalue weighted by atomic mass is 10.2. The first-order valence-corrected chi connectivity index (χ1v) is 11.6. The van der Waals surface area contributed by atoms with E-state index >= 15 is 0 Å². The summed E-state index contributed by atoms with van der Waals surface area (Å²) in [6.07, 6.45) is 0. The zero-order valence-corrected chi connectivity index (χ0v) is 19.0. The number of rotatable bonds is 6. The Labute approximate surface area is 186 Å². The van der Waals surface area contributed by atoms with Gasteiger partial charge in [-0.3, -0.25) is 4.79 Å². The molecule has 0 spiro atoms.